The van der Waals surface area contributed by atoms with E-state index in [0.717, 1.165) is 44.5 Å². The van der Waals surface area contributed by atoms with Gasteiger partial charge in [0.05, 0.1) is 28.4 Å². The van der Waals surface area contributed by atoms with Gasteiger partial charge in [0.2, 0.25) is 0 Å². The first kappa shape index (κ1) is 27.2. The lowest BCUT2D eigenvalue weighted by Gasteiger charge is -2.16. The second-order valence-electron chi connectivity index (χ2n) is 11.3. The van der Waals surface area contributed by atoms with Crippen molar-refractivity contribution >= 4 is 21.8 Å². The van der Waals surface area contributed by atoms with E-state index in [1.54, 1.807) is 0 Å². The van der Waals surface area contributed by atoms with Crippen LogP contribution in [0.5, 0.6) is 0 Å². The van der Waals surface area contributed by atoms with Gasteiger partial charge < -0.3 is 4.57 Å². The molecule has 216 valence electrons. The first-order valence-electron chi connectivity index (χ1n) is 15.2. The predicted octanol–water partition coefficient (Wildman–Crippen LogP) is 9.82. The third-order valence-corrected chi connectivity index (χ3v) is 8.35. The van der Waals surface area contributed by atoms with Gasteiger partial charge in [0, 0.05) is 27.5 Å². The van der Waals surface area contributed by atoms with Crippen molar-refractivity contribution in [3.63, 3.8) is 0 Å². The predicted molar refractivity (Wildman–Crippen MR) is 185 cm³/mol. The van der Waals surface area contributed by atoms with Crippen molar-refractivity contribution in [2.75, 3.05) is 0 Å². The van der Waals surface area contributed by atoms with Gasteiger partial charge in [-0.2, -0.15) is 5.26 Å². The normalized spacial score (nSPS) is 11.1. The van der Waals surface area contributed by atoms with Crippen LogP contribution in [-0.4, -0.2) is 19.5 Å². The molecule has 2 aromatic heterocycles. The number of rotatable bonds is 5. The maximum Gasteiger partial charge on any atom is 0.166 e. The molecule has 46 heavy (non-hydrogen) atoms. The van der Waals surface area contributed by atoms with E-state index in [-0.39, 0.29) is 0 Å². The molecule has 0 amide bonds. The van der Waals surface area contributed by atoms with E-state index in [1.165, 1.54) is 16.3 Å². The van der Waals surface area contributed by atoms with Crippen LogP contribution in [0.2, 0.25) is 0 Å². The van der Waals surface area contributed by atoms with Crippen LogP contribution in [0.1, 0.15) is 11.1 Å². The van der Waals surface area contributed by atoms with E-state index < -0.39 is 0 Å². The molecule has 0 fully saturated rings. The fourth-order valence-corrected chi connectivity index (χ4v) is 6.10. The monoisotopic (exact) mass is 589 g/mol. The number of nitrogens with zero attached hydrogens (tertiary/aromatic N) is 5. The number of aromatic nitrogens is 4. The first-order chi connectivity index (χ1) is 22.7. The van der Waals surface area contributed by atoms with Gasteiger partial charge in [0.15, 0.2) is 17.5 Å². The van der Waals surface area contributed by atoms with E-state index in [2.05, 4.69) is 78.2 Å². The van der Waals surface area contributed by atoms with Gasteiger partial charge in [0.25, 0.3) is 0 Å². The number of hydrogen-bond donors (Lipinski definition) is 0. The van der Waals surface area contributed by atoms with Crippen molar-refractivity contribution in [2.24, 2.45) is 0 Å². The Labute approximate surface area is 266 Å². The third kappa shape index (κ3) is 4.79. The van der Waals surface area contributed by atoms with Crippen molar-refractivity contribution in [3.8, 4) is 57.0 Å². The van der Waals surface area contributed by atoms with E-state index >= 15 is 0 Å². The summed E-state index contributed by atoms with van der Waals surface area (Å²) in [5, 5.41) is 11.8. The van der Waals surface area contributed by atoms with Crippen molar-refractivity contribution in [2.45, 2.75) is 6.92 Å². The number of fused-ring (bicyclic) bond motifs is 3. The minimum absolute atomic E-state index is 0.590. The second-order valence-corrected chi connectivity index (χ2v) is 11.3. The molecule has 0 aliphatic carbocycles. The summed E-state index contributed by atoms with van der Waals surface area (Å²) < 4.78 is 2.32. The fraction of sp³-hybridized carbons (Fsp3) is 0.0244. The molecule has 0 spiro atoms. The number of hydrogen-bond acceptors (Lipinski definition) is 4. The lowest BCUT2D eigenvalue weighted by atomic mass is 10.0. The highest BCUT2D eigenvalue weighted by Gasteiger charge is 2.20. The quantitative estimate of drug-likeness (QED) is 0.200. The van der Waals surface area contributed by atoms with Crippen LogP contribution in [0, 0.1) is 18.3 Å². The number of aryl methyl sites for hydroxylation is 1. The van der Waals surface area contributed by atoms with Gasteiger partial charge in [-0.05, 0) is 60.5 Å². The molecule has 0 radical (unpaired) electrons. The summed E-state index contributed by atoms with van der Waals surface area (Å²) in [6, 6.07) is 51.6. The van der Waals surface area contributed by atoms with Crippen molar-refractivity contribution in [1.29, 1.82) is 5.26 Å². The Morgan fingerprint density at radius 2 is 1.09 bits per heavy atom. The number of benzene rings is 6. The molecule has 8 rings (SSSR count). The van der Waals surface area contributed by atoms with Crippen LogP contribution < -0.4 is 0 Å². The molecule has 0 aliphatic heterocycles. The lowest BCUT2D eigenvalue weighted by molar-refractivity contribution is 1.06. The molecule has 0 saturated heterocycles. The molecule has 2 heterocycles. The molecular weight excluding hydrogens is 562 g/mol. The molecule has 0 bridgehead atoms. The Kier molecular flexibility index (Phi) is 6.67. The van der Waals surface area contributed by atoms with Crippen LogP contribution in [0.25, 0.3) is 72.8 Å². The summed E-state index contributed by atoms with van der Waals surface area (Å²) in [5.41, 5.74) is 9.78. The molecule has 6 aromatic carbocycles. The van der Waals surface area contributed by atoms with Crippen LogP contribution >= 0.6 is 0 Å². The van der Waals surface area contributed by atoms with E-state index in [9.17, 15) is 5.26 Å². The Bertz CT molecular complexity index is 2360. The van der Waals surface area contributed by atoms with Gasteiger partial charge in [-0.25, -0.2) is 15.0 Å². The average Bonchev–Trinajstić information content (AvgIpc) is 3.45. The van der Waals surface area contributed by atoms with Gasteiger partial charge >= 0.3 is 0 Å². The highest BCUT2D eigenvalue weighted by Crippen LogP contribution is 2.38. The topological polar surface area (TPSA) is 67.4 Å². The molecule has 0 N–H and O–H groups in total. The maximum absolute atomic E-state index is 9.39. The van der Waals surface area contributed by atoms with Gasteiger partial charge in [-0.3, -0.25) is 0 Å². The minimum Gasteiger partial charge on any atom is -0.308 e. The van der Waals surface area contributed by atoms with Crippen LogP contribution in [0.4, 0.5) is 0 Å². The highest BCUT2D eigenvalue weighted by molar-refractivity contribution is 6.10. The zero-order valence-electron chi connectivity index (χ0n) is 25.1. The fourth-order valence-electron chi connectivity index (χ4n) is 6.10. The van der Waals surface area contributed by atoms with Crippen LogP contribution in [-0.2, 0) is 0 Å². The zero-order valence-corrected chi connectivity index (χ0v) is 25.1. The standard InChI is InChI=1S/C41H27N5/c1-27-16-23-37-35(24-27)33-14-8-9-15-36(33)46(37)38-25-32(29-19-17-28(26-42)18-20-29)21-22-34(38)41-44-39(30-10-4-2-5-11-30)43-40(45-41)31-12-6-3-7-13-31/h2-25H,1H3. The SMILES string of the molecule is Cc1ccc2c(c1)c1ccccc1n2-c1cc(-c2ccc(C#N)cc2)ccc1-c1nc(-c2ccccc2)nc(-c2ccccc2)n1. The molecule has 0 aliphatic rings. The Morgan fingerprint density at radius 3 is 1.76 bits per heavy atom. The second kappa shape index (κ2) is 11.3. The van der Waals surface area contributed by atoms with Crippen molar-refractivity contribution in [3.05, 3.63) is 157 Å². The molecule has 8 aromatic rings. The van der Waals surface area contributed by atoms with Gasteiger partial charge in [-0.1, -0.05) is 109 Å². The van der Waals surface area contributed by atoms with E-state index in [4.69, 9.17) is 15.0 Å². The largest absolute Gasteiger partial charge is 0.308 e. The van der Waals surface area contributed by atoms with Crippen molar-refractivity contribution < 1.29 is 0 Å². The van der Waals surface area contributed by atoms with Crippen LogP contribution in [0.15, 0.2) is 146 Å². The summed E-state index contributed by atoms with van der Waals surface area (Å²) >= 11 is 0. The van der Waals surface area contributed by atoms with E-state index in [0.29, 0.717) is 23.0 Å². The highest BCUT2D eigenvalue weighted by atomic mass is 15.1. The van der Waals surface area contributed by atoms with Crippen molar-refractivity contribution in [1.82, 2.24) is 19.5 Å². The summed E-state index contributed by atoms with van der Waals surface area (Å²) in [4.78, 5) is 15.1. The summed E-state index contributed by atoms with van der Waals surface area (Å²) in [6.07, 6.45) is 0. The third-order valence-electron chi connectivity index (χ3n) is 8.35. The minimum atomic E-state index is 0.590. The Balaban J connectivity index is 1.44. The van der Waals surface area contributed by atoms with Gasteiger partial charge in [0.1, 0.15) is 0 Å². The van der Waals surface area contributed by atoms with E-state index in [1.807, 2.05) is 84.9 Å². The summed E-state index contributed by atoms with van der Waals surface area (Å²) in [6.45, 7) is 2.13. The molecular formula is C41H27N5. The number of para-hydroxylation sites is 1. The Morgan fingerprint density at radius 1 is 0.500 bits per heavy atom. The zero-order chi connectivity index (χ0) is 31.0. The summed E-state index contributed by atoms with van der Waals surface area (Å²) in [7, 11) is 0. The maximum atomic E-state index is 9.39. The molecule has 0 unspecified atom stereocenters. The molecule has 5 nitrogen and oxygen atoms in total. The van der Waals surface area contributed by atoms with Gasteiger partial charge in [-0.15, -0.1) is 0 Å². The smallest absolute Gasteiger partial charge is 0.166 e. The first-order valence-corrected chi connectivity index (χ1v) is 15.2. The Hall–Kier alpha value is -6.38. The van der Waals surface area contributed by atoms with Crippen LogP contribution in [0.3, 0.4) is 0 Å². The lowest BCUT2D eigenvalue weighted by Crippen LogP contribution is -2.04. The molecule has 5 heteroatoms. The number of nitriles is 1. The molecule has 0 saturated carbocycles. The average molecular weight is 590 g/mol. The summed E-state index contributed by atoms with van der Waals surface area (Å²) in [5.74, 6) is 1.82. The molecule has 0 atom stereocenters.